The molecule has 1 amide bonds. The molecule has 0 spiro atoms. The van der Waals surface area contributed by atoms with Gasteiger partial charge in [0.1, 0.15) is 11.9 Å². The lowest BCUT2D eigenvalue weighted by molar-refractivity contribution is -0.139. The molecule has 2 N–H and O–H groups in total. The van der Waals surface area contributed by atoms with Crippen molar-refractivity contribution in [2.75, 3.05) is 0 Å². The number of halogens is 1. The van der Waals surface area contributed by atoms with Gasteiger partial charge in [-0.1, -0.05) is 19.9 Å². The van der Waals surface area contributed by atoms with Crippen LogP contribution in [0, 0.1) is 18.7 Å². The number of hydrogen-bond acceptors (Lipinski definition) is 2. The van der Waals surface area contributed by atoms with Crippen molar-refractivity contribution in [3.05, 3.63) is 35.1 Å². The first-order valence-corrected chi connectivity index (χ1v) is 6.11. The monoisotopic (exact) mass is 267 g/mol. The van der Waals surface area contributed by atoms with Crippen LogP contribution in [0.3, 0.4) is 0 Å². The molecule has 5 heteroatoms. The maximum absolute atomic E-state index is 13.1. The fourth-order valence-corrected chi connectivity index (χ4v) is 1.77. The average Bonchev–Trinajstić information content (AvgIpc) is 2.30. The van der Waals surface area contributed by atoms with Crippen LogP contribution < -0.4 is 5.32 Å². The van der Waals surface area contributed by atoms with Gasteiger partial charge in [0.05, 0.1) is 0 Å². The Kier molecular flexibility index (Phi) is 5.03. The summed E-state index contributed by atoms with van der Waals surface area (Å²) in [5, 5.41) is 11.5. The van der Waals surface area contributed by atoms with Crippen LogP contribution in [-0.4, -0.2) is 23.0 Å². The Morgan fingerprint density at radius 2 is 2.00 bits per heavy atom. The van der Waals surface area contributed by atoms with Crippen LogP contribution in [0.2, 0.25) is 0 Å². The van der Waals surface area contributed by atoms with Gasteiger partial charge in [-0.05, 0) is 37.0 Å². The predicted molar refractivity (Wildman–Crippen MR) is 69.5 cm³/mol. The maximum Gasteiger partial charge on any atom is 0.326 e. The van der Waals surface area contributed by atoms with Crippen molar-refractivity contribution < 1.29 is 19.1 Å². The number of benzene rings is 1. The molecular weight excluding hydrogens is 249 g/mol. The normalized spacial score (nSPS) is 12.3. The molecule has 0 aliphatic rings. The van der Waals surface area contributed by atoms with Gasteiger partial charge >= 0.3 is 5.97 Å². The molecule has 0 saturated heterocycles. The van der Waals surface area contributed by atoms with Crippen LogP contribution in [0.15, 0.2) is 18.2 Å². The van der Waals surface area contributed by atoms with E-state index in [9.17, 15) is 14.0 Å². The van der Waals surface area contributed by atoms with Crippen molar-refractivity contribution in [2.24, 2.45) is 5.92 Å². The van der Waals surface area contributed by atoms with E-state index in [0.29, 0.717) is 12.0 Å². The first kappa shape index (κ1) is 15.1. The third-order valence-electron chi connectivity index (χ3n) is 2.75. The summed E-state index contributed by atoms with van der Waals surface area (Å²) < 4.78 is 13.1. The lowest BCUT2D eigenvalue weighted by atomic mass is 10.0. The van der Waals surface area contributed by atoms with Gasteiger partial charge in [-0.15, -0.1) is 0 Å². The number of hydrogen-bond donors (Lipinski definition) is 2. The molecule has 19 heavy (non-hydrogen) atoms. The van der Waals surface area contributed by atoms with E-state index in [2.05, 4.69) is 5.32 Å². The predicted octanol–water partition coefficient (Wildman–Crippen LogP) is 2.36. The molecule has 1 aromatic carbocycles. The molecule has 0 aromatic heterocycles. The van der Waals surface area contributed by atoms with Crippen molar-refractivity contribution in [3.8, 4) is 0 Å². The first-order chi connectivity index (χ1) is 8.81. The topological polar surface area (TPSA) is 66.4 Å². The second-order valence-electron chi connectivity index (χ2n) is 4.95. The maximum atomic E-state index is 13.1. The summed E-state index contributed by atoms with van der Waals surface area (Å²) in [4.78, 5) is 23.0. The summed E-state index contributed by atoms with van der Waals surface area (Å²) in [7, 11) is 0. The van der Waals surface area contributed by atoms with E-state index in [1.165, 1.54) is 12.1 Å². The SMILES string of the molecule is Cc1ccc(F)cc1C(=O)N[C@@H](CC(C)C)C(=O)O. The number of carboxylic acids is 1. The highest BCUT2D eigenvalue weighted by molar-refractivity contribution is 5.97. The third-order valence-corrected chi connectivity index (χ3v) is 2.75. The second-order valence-corrected chi connectivity index (χ2v) is 4.95. The summed E-state index contributed by atoms with van der Waals surface area (Å²) in [6, 6.07) is 2.89. The zero-order valence-corrected chi connectivity index (χ0v) is 11.2. The minimum Gasteiger partial charge on any atom is -0.480 e. The summed E-state index contributed by atoms with van der Waals surface area (Å²) >= 11 is 0. The number of carbonyl (C=O) groups excluding carboxylic acids is 1. The van der Waals surface area contributed by atoms with E-state index in [0.717, 1.165) is 6.07 Å². The van der Waals surface area contributed by atoms with Gasteiger partial charge in [-0.2, -0.15) is 0 Å². The molecule has 1 aromatic rings. The van der Waals surface area contributed by atoms with Crippen molar-refractivity contribution in [2.45, 2.75) is 33.2 Å². The first-order valence-electron chi connectivity index (χ1n) is 6.11. The van der Waals surface area contributed by atoms with Crippen LogP contribution >= 0.6 is 0 Å². The van der Waals surface area contributed by atoms with E-state index in [-0.39, 0.29) is 11.5 Å². The van der Waals surface area contributed by atoms with Gasteiger partial charge in [0, 0.05) is 5.56 Å². The lowest BCUT2D eigenvalue weighted by Crippen LogP contribution is -2.41. The number of carboxylic acid groups (broad SMARTS) is 1. The largest absolute Gasteiger partial charge is 0.480 e. The number of nitrogens with one attached hydrogen (secondary N) is 1. The molecular formula is C14H18FNO3. The van der Waals surface area contributed by atoms with Crippen LogP contribution in [0.1, 0.15) is 36.2 Å². The van der Waals surface area contributed by atoms with Gasteiger partial charge in [0.15, 0.2) is 0 Å². The van der Waals surface area contributed by atoms with Crippen LogP contribution in [0.25, 0.3) is 0 Å². The van der Waals surface area contributed by atoms with Crippen LogP contribution in [0.5, 0.6) is 0 Å². The van der Waals surface area contributed by atoms with Crippen LogP contribution in [-0.2, 0) is 4.79 Å². The van der Waals surface area contributed by atoms with Gasteiger partial charge in [0.2, 0.25) is 0 Å². The van der Waals surface area contributed by atoms with Crippen molar-refractivity contribution in [1.82, 2.24) is 5.32 Å². The van der Waals surface area contributed by atoms with Crippen molar-refractivity contribution in [1.29, 1.82) is 0 Å². The van der Waals surface area contributed by atoms with E-state index < -0.39 is 23.7 Å². The number of rotatable bonds is 5. The Hall–Kier alpha value is -1.91. The summed E-state index contributed by atoms with van der Waals surface area (Å²) in [6.45, 7) is 5.41. The molecule has 0 aliphatic carbocycles. The van der Waals surface area contributed by atoms with Crippen LogP contribution in [0.4, 0.5) is 4.39 Å². The molecule has 0 radical (unpaired) electrons. The Morgan fingerprint density at radius 3 is 2.53 bits per heavy atom. The van der Waals surface area contributed by atoms with E-state index in [4.69, 9.17) is 5.11 Å². The number of carbonyl (C=O) groups is 2. The Bertz CT molecular complexity index is 486. The third kappa shape index (κ3) is 4.35. The fourth-order valence-electron chi connectivity index (χ4n) is 1.77. The van der Waals surface area contributed by atoms with Gasteiger partial charge < -0.3 is 10.4 Å². The number of aliphatic carboxylic acids is 1. The molecule has 0 unspecified atom stereocenters. The minimum atomic E-state index is -1.09. The Labute approximate surface area is 111 Å². The molecule has 1 atom stereocenters. The summed E-state index contributed by atoms with van der Waals surface area (Å²) in [5.41, 5.74) is 0.766. The fraction of sp³-hybridized carbons (Fsp3) is 0.429. The molecule has 1 rings (SSSR count). The number of aryl methyl sites for hydroxylation is 1. The standard InChI is InChI=1S/C14H18FNO3/c1-8(2)6-12(14(18)19)16-13(17)11-7-10(15)5-4-9(11)3/h4-5,7-8,12H,6H2,1-3H3,(H,16,17)(H,18,19)/t12-/m0/s1. The Balaban J connectivity index is 2.87. The van der Waals surface area contributed by atoms with Crippen molar-refractivity contribution in [3.63, 3.8) is 0 Å². The molecule has 104 valence electrons. The molecule has 0 heterocycles. The minimum absolute atomic E-state index is 0.134. The molecule has 4 nitrogen and oxygen atoms in total. The molecule has 0 saturated carbocycles. The number of amides is 1. The quantitative estimate of drug-likeness (QED) is 0.860. The van der Waals surface area contributed by atoms with E-state index in [1.807, 2.05) is 13.8 Å². The smallest absolute Gasteiger partial charge is 0.326 e. The van der Waals surface area contributed by atoms with Gasteiger partial charge in [-0.25, -0.2) is 9.18 Å². The Morgan fingerprint density at radius 1 is 1.37 bits per heavy atom. The highest BCUT2D eigenvalue weighted by atomic mass is 19.1. The van der Waals surface area contributed by atoms with E-state index >= 15 is 0 Å². The molecule has 0 aliphatic heterocycles. The molecule has 0 bridgehead atoms. The summed E-state index contributed by atoms with van der Waals surface area (Å²) in [5.74, 6) is -2.04. The highest BCUT2D eigenvalue weighted by Gasteiger charge is 2.22. The average molecular weight is 267 g/mol. The highest BCUT2D eigenvalue weighted by Crippen LogP contribution is 2.12. The van der Waals surface area contributed by atoms with Gasteiger partial charge in [0.25, 0.3) is 5.91 Å². The van der Waals surface area contributed by atoms with E-state index in [1.54, 1.807) is 6.92 Å². The summed E-state index contributed by atoms with van der Waals surface area (Å²) in [6.07, 6.45) is 0.329. The van der Waals surface area contributed by atoms with Crippen molar-refractivity contribution >= 4 is 11.9 Å². The molecule has 0 fully saturated rings. The second kappa shape index (κ2) is 6.31. The van der Waals surface area contributed by atoms with Gasteiger partial charge in [-0.3, -0.25) is 4.79 Å². The zero-order valence-electron chi connectivity index (χ0n) is 11.2. The zero-order chi connectivity index (χ0) is 14.6. The lowest BCUT2D eigenvalue weighted by Gasteiger charge is -2.17.